The average Bonchev–Trinajstić information content (AvgIpc) is 0.918. The Morgan fingerprint density at radius 2 is 1.75 bits per heavy atom. The zero-order chi connectivity index (χ0) is 2.71. The Labute approximate surface area is 61.9 Å². The van der Waals surface area contributed by atoms with Gasteiger partial charge in [-0.3, -0.25) is 0 Å². The third-order valence-corrected chi connectivity index (χ3v) is 0. The third-order valence-electron chi connectivity index (χ3n) is 0. The van der Waals surface area contributed by atoms with Crippen LogP contribution in [0.1, 0.15) is 0 Å². The molecule has 0 unspecified atom stereocenters. The van der Waals surface area contributed by atoms with Crippen LogP contribution in [0.3, 0.4) is 0 Å². The van der Waals surface area contributed by atoms with Crippen molar-refractivity contribution in [3.05, 3.63) is 0 Å². The summed E-state index contributed by atoms with van der Waals surface area (Å²) >= 11 is 2.36. The van der Waals surface area contributed by atoms with Crippen LogP contribution in [0.2, 0.25) is 0 Å². The summed E-state index contributed by atoms with van der Waals surface area (Å²) in [7, 11) is 4.53. The van der Waals surface area contributed by atoms with Crippen LogP contribution in [0.25, 0.3) is 0 Å². The van der Waals surface area contributed by atoms with Gasteiger partial charge in [-0.15, -0.1) is 0 Å². The Hall–Kier alpha value is 2.46. The summed E-state index contributed by atoms with van der Waals surface area (Å²) in [5, 5.41) is 0. The molecular formula is PbSSeSn. The smallest absolute Gasteiger partial charge is 0 e. The summed E-state index contributed by atoms with van der Waals surface area (Å²) in [5.74, 6) is 0. The summed E-state index contributed by atoms with van der Waals surface area (Å²) in [6, 6.07) is 0. The van der Waals surface area contributed by atoms with E-state index in [-0.39, 0.29) is 23.9 Å². The maximum Gasteiger partial charge on any atom is 0 e. The van der Waals surface area contributed by atoms with Gasteiger partial charge in [-0.05, 0) is 0 Å². The molecule has 0 aromatic rings. The van der Waals surface area contributed by atoms with E-state index in [1.165, 1.54) is 0 Å². The molecule has 0 rings (SSSR count). The van der Waals surface area contributed by atoms with E-state index in [2.05, 4.69) is 20.1 Å². The van der Waals surface area contributed by atoms with E-state index in [0.29, 0.717) is 0 Å². The van der Waals surface area contributed by atoms with Gasteiger partial charge >= 0.3 is 39.2 Å². The van der Waals surface area contributed by atoms with Gasteiger partial charge in [0.2, 0.25) is 0 Å². The first-order chi connectivity index (χ1) is 1.41. The van der Waals surface area contributed by atoms with Gasteiger partial charge in [-0.2, -0.15) is 0 Å². The maximum atomic E-state index is 4.53. The Morgan fingerprint density at radius 1 is 1.75 bits per heavy atom. The molecular weight excluding hydrogens is 437 g/mol. The van der Waals surface area contributed by atoms with Crippen LogP contribution in [0.5, 0.6) is 0 Å². The molecule has 0 N–H and O–H groups in total. The second kappa shape index (κ2) is 9.07. The second-order valence-electron chi connectivity index (χ2n) is 0.0833. The van der Waals surface area contributed by atoms with Crippen LogP contribution in [0.4, 0.5) is 0 Å². The van der Waals surface area contributed by atoms with E-state index in [9.17, 15) is 0 Å². The van der Waals surface area contributed by atoms with Crippen LogP contribution in [-0.2, 0) is 0 Å². The predicted octanol–water partition coefficient (Wildman–Crippen LogP) is -0.494. The first kappa shape index (κ1) is 9.68. The molecule has 4 radical (unpaired) electrons. The molecule has 0 aromatic heterocycles. The van der Waals surface area contributed by atoms with E-state index < -0.39 is 19.1 Å². The maximum absolute atomic E-state index is 4.53. The molecule has 20 valence electrons. The van der Waals surface area contributed by atoms with Crippen molar-refractivity contribution >= 4 is 63.1 Å². The number of hydrogen-bond donors (Lipinski definition) is 0. The molecule has 4 heavy (non-hydrogen) atoms. The van der Waals surface area contributed by atoms with Gasteiger partial charge in [0.25, 0.3) is 0 Å². The molecule has 0 aromatic carbocycles. The van der Waals surface area contributed by atoms with Gasteiger partial charge in [-0.1, -0.05) is 0 Å². The molecule has 4 heteroatoms. The first-order valence-corrected chi connectivity index (χ1v) is 14.7. The van der Waals surface area contributed by atoms with Gasteiger partial charge in [-0.25, -0.2) is 0 Å². The van der Waals surface area contributed by atoms with Crippen molar-refractivity contribution in [3.8, 4) is 0 Å². The van der Waals surface area contributed by atoms with Crippen molar-refractivity contribution in [2.75, 3.05) is 0 Å². The third kappa shape index (κ3) is 8.82. The van der Waals surface area contributed by atoms with Crippen LogP contribution < -0.4 is 0 Å². The fourth-order valence-corrected chi connectivity index (χ4v) is 0. The predicted molar refractivity (Wildman–Crippen MR) is 24.9 cm³/mol. The fraction of sp³-hybridized carbons (Fsp3) is 0. The molecule has 0 saturated heterocycles. The van der Waals surface area contributed by atoms with Gasteiger partial charge < -0.3 is 0 Å². The van der Waals surface area contributed by atoms with Crippen molar-refractivity contribution in [1.29, 1.82) is 0 Å². The topological polar surface area (TPSA) is 0 Å². The van der Waals surface area contributed by atoms with E-state index in [1.807, 2.05) is 0 Å². The molecule has 0 aliphatic heterocycles. The first-order valence-electron chi connectivity index (χ1n) is 0.408. The van der Waals surface area contributed by atoms with Crippen LogP contribution in [0.15, 0.2) is 0 Å². The van der Waals surface area contributed by atoms with Crippen LogP contribution in [-0.4, -0.2) is 54.5 Å². The zero-order valence-electron chi connectivity index (χ0n) is 1.82. The van der Waals surface area contributed by atoms with Gasteiger partial charge in [0, 0.05) is 23.9 Å². The molecule has 0 aliphatic carbocycles. The summed E-state index contributed by atoms with van der Waals surface area (Å²) in [6.45, 7) is 0. The van der Waals surface area contributed by atoms with Gasteiger partial charge in [0.05, 0.1) is 0 Å². The summed E-state index contributed by atoms with van der Waals surface area (Å²) in [5.41, 5.74) is 0. The largest absolute Gasteiger partial charge is 0 e. The Kier molecular flexibility index (Phi) is 22.0. The Bertz CT molecular complexity index is 29.0. The SMILES string of the molecule is [S]=[Pb]=[Se].[Sn]. The van der Waals surface area contributed by atoms with Crippen LogP contribution >= 0.6 is 8.65 Å². The van der Waals surface area contributed by atoms with E-state index in [1.54, 1.807) is 0 Å². The minimum atomic E-state index is -0.458. The van der Waals surface area contributed by atoms with Crippen molar-refractivity contribution in [3.63, 3.8) is 0 Å². The molecule has 0 bridgehead atoms. The molecule has 0 atom stereocenters. The Morgan fingerprint density at radius 3 is 1.75 bits per heavy atom. The van der Waals surface area contributed by atoms with E-state index >= 15 is 0 Å². The molecule has 0 nitrogen and oxygen atoms in total. The molecule has 0 heterocycles. The fourth-order valence-electron chi connectivity index (χ4n) is 0. The molecule has 0 amide bonds. The van der Waals surface area contributed by atoms with Crippen molar-refractivity contribution in [2.45, 2.75) is 0 Å². The normalized spacial score (nSPS) is 2.00. The van der Waals surface area contributed by atoms with Crippen molar-refractivity contribution in [2.24, 2.45) is 0 Å². The van der Waals surface area contributed by atoms with Gasteiger partial charge in [0.1, 0.15) is 0 Å². The van der Waals surface area contributed by atoms with E-state index in [4.69, 9.17) is 0 Å². The zero-order valence-corrected chi connectivity index (χ0v) is 11.1. The average molecular weight is 437 g/mol. The Balaban J connectivity index is 0. The molecule has 0 aliphatic rings. The summed E-state index contributed by atoms with van der Waals surface area (Å²) < 4.78 is 0. The van der Waals surface area contributed by atoms with Gasteiger partial charge in [0.15, 0.2) is 0 Å². The monoisotopic (exact) mass is 440 g/mol. The second-order valence-corrected chi connectivity index (χ2v) is 11.4. The minimum absolute atomic E-state index is 0. The summed E-state index contributed by atoms with van der Waals surface area (Å²) in [4.78, 5) is 0. The van der Waals surface area contributed by atoms with Crippen molar-refractivity contribution in [1.82, 2.24) is 0 Å². The molecule has 0 spiro atoms. The molecule has 0 saturated carbocycles. The number of rotatable bonds is 0. The standard InChI is InChI=1S/Pb.S.Se.Sn. The van der Waals surface area contributed by atoms with E-state index in [0.717, 1.165) is 0 Å². The number of hydrogen-bond acceptors (Lipinski definition) is 1. The molecule has 0 fully saturated rings. The van der Waals surface area contributed by atoms with Crippen molar-refractivity contribution < 1.29 is 0 Å². The summed E-state index contributed by atoms with van der Waals surface area (Å²) in [6.07, 6.45) is 0. The minimum Gasteiger partial charge on any atom is 0 e. The van der Waals surface area contributed by atoms with Crippen LogP contribution in [0, 0.1) is 0 Å². The quantitative estimate of drug-likeness (QED) is 0.462.